The van der Waals surface area contributed by atoms with Gasteiger partial charge in [-0.15, -0.1) is 0 Å². The molecule has 0 aliphatic rings. The van der Waals surface area contributed by atoms with Gasteiger partial charge in [0.2, 0.25) is 5.91 Å². The molecule has 0 heterocycles. The van der Waals surface area contributed by atoms with Gasteiger partial charge in [-0.3, -0.25) is 4.79 Å². The first-order valence-corrected chi connectivity index (χ1v) is 22.9. The second kappa shape index (κ2) is 43.0. The zero-order chi connectivity index (χ0) is 38.7. The van der Waals surface area contributed by atoms with Crippen LogP contribution in [0.2, 0.25) is 0 Å². The van der Waals surface area contributed by atoms with E-state index in [0.29, 0.717) is 6.42 Å². The molecule has 0 saturated carbocycles. The highest BCUT2D eigenvalue weighted by Crippen LogP contribution is 2.14. The first-order chi connectivity index (χ1) is 26.0. The molecule has 0 saturated heterocycles. The molecule has 0 aromatic carbocycles. The van der Waals surface area contributed by atoms with E-state index in [1.54, 1.807) is 6.08 Å². The highest BCUT2D eigenvalue weighted by atomic mass is 16.3. The summed E-state index contributed by atoms with van der Waals surface area (Å²) in [5, 5.41) is 33.2. The van der Waals surface area contributed by atoms with E-state index in [-0.39, 0.29) is 18.9 Å². The summed E-state index contributed by atoms with van der Waals surface area (Å²) in [6.45, 7) is 4.19. The van der Waals surface area contributed by atoms with Crippen LogP contribution in [-0.2, 0) is 4.79 Å². The summed E-state index contributed by atoms with van der Waals surface area (Å²) >= 11 is 0. The molecule has 0 aromatic rings. The molecule has 3 unspecified atom stereocenters. The average molecular weight is 744 g/mol. The Bertz CT molecular complexity index is 866. The Kier molecular flexibility index (Phi) is 41.7. The second-order valence-corrected chi connectivity index (χ2v) is 15.6. The minimum absolute atomic E-state index is 0.00919. The fraction of sp³-hybridized carbons (Fsp3) is 0.812. The maximum absolute atomic E-state index is 12.4. The molecule has 5 nitrogen and oxygen atoms in total. The molecule has 1 amide bonds. The number of amides is 1. The standard InChI is InChI=1S/C48H89NO4/c1-3-5-7-9-11-13-15-17-19-20-21-22-23-24-25-26-27-28-30-32-34-36-38-40-42-47(52)46(44-50)49-48(53)43-45(51)41-39-37-35-33-31-29-18-16-14-12-10-8-6-4-2/h26-27,29,31-32,34,40,42,45-47,50-52H,3-25,28,30,33,35-39,41,43-44H2,1-2H3,(H,49,53)/b27-26+,31-29-,34-32+,42-40+. The van der Waals surface area contributed by atoms with E-state index in [2.05, 4.69) is 55.6 Å². The van der Waals surface area contributed by atoms with Gasteiger partial charge in [-0.2, -0.15) is 0 Å². The molecule has 0 aliphatic heterocycles. The van der Waals surface area contributed by atoms with Gasteiger partial charge in [0.05, 0.1) is 31.3 Å². The number of nitrogens with one attached hydrogen (secondary N) is 1. The molecule has 0 rings (SSSR count). The van der Waals surface area contributed by atoms with Gasteiger partial charge in [-0.05, 0) is 70.6 Å². The number of carbonyl (C=O) groups excluding carboxylic acids is 1. The van der Waals surface area contributed by atoms with Crippen LogP contribution in [0.1, 0.15) is 226 Å². The van der Waals surface area contributed by atoms with Crippen LogP contribution in [-0.4, -0.2) is 46.1 Å². The molecule has 53 heavy (non-hydrogen) atoms. The number of rotatable bonds is 41. The lowest BCUT2D eigenvalue weighted by atomic mass is 10.0. The summed E-state index contributed by atoms with van der Waals surface area (Å²) in [5.41, 5.74) is 0. The molecular formula is C48H89NO4. The Labute approximate surface area is 329 Å². The van der Waals surface area contributed by atoms with E-state index >= 15 is 0 Å². The van der Waals surface area contributed by atoms with Crippen molar-refractivity contribution in [2.75, 3.05) is 6.61 Å². The molecule has 0 spiro atoms. The number of carbonyl (C=O) groups is 1. The number of hydrogen-bond donors (Lipinski definition) is 4. The first kappa shape index (κ1) is 51.3. The predicted octanol–water partition coefficient (Wildman–Crippen LogP) is 13.3. The molecule has 0 bridgehead atoms. The van der Waals surface area contributed by atoms with Crippen molar-refractivity contribution in [2.45, 2.75) is 244 Å². The fourth-order valence-electron chi connectivity index (χ4n) is 6.78. The van der Waals surface area contributed by atoms with Crippen molar-refractivity contribution < 1.29 is 20.1 Å². The van der Waals surface area contributed by atoms with Crippen molar-refractivity contribution >= 4 is 5.91 Å². The summed E-state index contributed by atoms with van der Waals surface area (Å²) in [5.74, 6) is -0.339. The van der Waals surface area contributed by atoms with E-state index in [1.807, 2.05) is 6.08 Å². The van der Waals surface area contributed by atoms with Gasteiger partial charge in [-0.25, -0.2) is 0 Å². The summed E-state index contributed by atoms with van der Waals surface area (Å²) in [6, 6.07) is -0.773. The zero-order valence-corrected chi connectivity index (χ0v) is 35.1. The van der Waals surface area contributed by atoms with Gasteiger partial charge in [0.1, 0.15) is 0 Å². The third kappa shape index (κ3) is 39.8. The van der Waals surface area contributed by atoms with E-state index in [4.69, 9.17) is 0 Å². The Hall–Kier alpha value is -1.69. The Morgan fingerprint density at radius 2 is 0.811 bits per heavy atom. The van der Waals surface area contributed by atoms with Crippen LogP contribution < -0.4 is 5.32 Å². The van der Waals surface area contributed by atoms with Gasteiger partial charge in [0, 0.05) is 0 Å². The molecule has 3 atom stereocenters. The lowest BCUT2D eigenvalue weighted by Crippen LogP contribution is -2.45. The molecular weight excluding hydrogens is 655 g/mol. The van der Waals surface area contributed by atoms with Crippen molar-refractivity contribution in [2.24, 2.45) is 0 Å². The monoisotopic (exact) mass is 744 g/mol. The first-order valence-electron chi connectivity index (χ1n) is 22.9. The molecule has 0 aromatic heterocycles. The Morgan fingerprint density at radius 1 is 0.472 bits per heavy atom. The summed E-state index contributed by atoms with van der Waals surface area (Å²) < 4.78 is 0. The van der Waals surface area contributed by atoms with Crippen LogP contribution in [0.3, 0.4) is 0 Å². The predicted molar refractivity (Wildman–Crippen MR) is 231 cm³/mol. The lowest BCUT2D eigenvalue weighted by Gasteiger charge is -2.20. The van der Waals surface area contributed by atoms with E-state index in [9.17, 15) is 20.1 Å². The second-order valence-electron chi connectivity index (χ2n) is 15.6. The van der Waals surface area contributed by atoms with Crippen LogP contribution in [0.5, 0.6) is 0 Å². The maximum Gasteiger partial charge on any atom is 0.222 e. The Morgan fingerprint density at radius 3 is 1.21 bits per heavy atom. The molecule has 310 valence electrons. The number of hydrogen-bond acceptors (Lipinski definition) is 4. The van der Waals surface area contributed by atoms with Crippen LogP contribution >= 0.6 is 0 Å². The molecule has 0 radical (unpaired) electrons. The van der Waals surface area contributed by atoms with Crippen molar-refractivity contribution in [3.63, 3.8) is 0 Å². The van der Waals surface area contributed by atoms with Crippen LogP contribution in [0, 0.1) is 0 Å². The zero-order valence-electron chi connectivity index (χ0n) is 35.1. The smallest absolute Gasteiger partial charge is 0.222 e. The van der Waals surface area contributed by atoms with Gasteiger partial charge in [0.15, 0.2) is 0 Å². The number of unbranched alkanes of at least 4 members (excludes halogenated alkanes) is 26. The van der Waals surface area contributed by atoms with E-state index in [1.165, 1.54) is 148 Å². The fourth-order valence-corrected chi connectivity index (χ4v) is 6.78. The topological polar surface area (TPSA) is 89.8 Å². The van der Waals surface area contributed by atoms with Crippen LogP contribution in [0.25, 0.3) is 0 Å². The number of aliphatic hydroxyl groups excluding tert-OH is 3. The van der Waals surface area contributed by atoms with Gasteiger partial charge >= 0.3 is 0 Å². The number of allylic oxidation sites excluding steroid dienone is 7. The molecule has 0 aliphatic carbocycles. The highest BCUT2D eigenvalue weighted by molar-refractivity contribution is 5.76. The SMILES string of the molecule is CCCCCCCCC/C=C\CCCCCC(O)CC(=O)NC(CO)C(O)/C=C/CC/C=C/CC/C=C/CCCCCCCCCCCCCCCC. The average Bonchev–Trinajstić information content (AvgIpc) is 3.15. The maximum atomic E-state index is 12.4. The third-order valence-corrected chi connectivity index (χ3v) is 10.3. The van der Waals surface area contributed by atoms with Crippen molar-refractivity contribution in [3.05, 3.63) is 48.6 Å². The molecule has 4 N–H and O–H groups in total. The summed E-state index contributed by atoms with van der Waals surface area (Å²) in [4.78, 5) is 12.4. The van der Waals surface area contributed by atoms with E-state index in [0.717, 1.165) is 51.4 Å². The molecule has 0 fully saturated rings. The Balaban J connectivity index is 3.74. The number of aliphatic hydroxyl groups is 3. The quantitative estimate of drug-likeness (QED) is 0.0371. The molecule has 5 heteroatoms. The minimum atomic E-state index is -0.964. The van der Waals surface area contributed by atoms with Crippen LogP contribution in [0.15, 0.2) is 48.6 Å². The third-order valence-electron chi connectivity index (χ3n) is 10.3. The van der Waals surface area contributed by atoms with Gasteiger partial charge < -0.3 is 20.6 Å². The normalized spacial score (nSPS) is 14.0. The van der Waals surface area contributed by atoms with Crippen LogP contribution in [0.4, 0.5) is 0 Å². The highest BCUT2D eigenvalue weighted by Gasteiger charge is 2.20. The summed E-state index contributed by atoms with van der Waals surface area (Å²) in [7, 11) is 0. The van der Waals surface area contributed by atoms with Crippen molar-refractivity contribution in [1.82, 2.24) is 5.32 Å². The van der Waals surface area contributed by atoms with Gasteiger partial charge in [0.25, 0.3) is 0 Å². The van der Waals surface area contributed by atoms with E-state index < -0.39 is 18.2 Å². The van der Waals surface area contributed by atoms with Crippen molar-refractivity contribution in [3.8, 4) is 0 Å². The largest absolute Gasteiger partial charge is 0.394 e. The lowest BCUT2D eigenvalue weighted by molar-refractivity contribution is -0.124. The minimum Gasteiger partial charge on any atom is -0.394 e. The van der Waals surface area contributed by atoms with Crippen molar-refractivity contribution in [1.29, 1.82) is 0 Å². The summed E-state index contributed by atoms with van der Waals surface area (Å²) in [6.07, 6.45) is 55.5. The van der Waals surface area contributed by atoms with Gasteiger partial charge in [-0.1, -0.05) is 197 Å².